The highest BCUT2D eigenvalue weighted by Gasteiger charge is 2.29. The molecule has 0 saturated carbocycles. The number of para-hydroxylation sites is 1. The number of aryl methyl sites for hydroxylation is 3. The minimum Gasteiger partial charge on any atom is -0.444 e. The fourth-order valence-corrected chi connectivity index (χ4v) is 3.13. The van der Waals surface area contributed by atoms with Crippen LogP contribution in [0.1, 0.15) is 49.1 Å². The van der Waals surface area contributed by atoms with E-state index in [-0.39, 0.29) is 12.5 Å². The average Bonchev–Trinajstić information content (AvgIpc) is 2.69. The Morgan fingerprint density at radius 2 is 1.62 bits per heavy atom. The normalized spacial score (nSPS) is 12.0. The molecule has 7 nitrogen and oxygen atoms in total. The summed E-state index contributed by atoms with van der Waals surface area (Å²) in [5.41, 5.74) is 3.72. The number of hydrogen-bond acceptors (Lipinski definition) is 4. The van der Waals surface area contributed by atoms with Gasteiger partial charge in [0.05, 0.1) is 0 Å². The summed E-state index contributed by atoms with van der Waals surface area (Å²) in [5.74, 6) is -0.755. The molecule has 32 heavy (non-hydrogen) atoms. The Balaban J connectivity index is 2.26. The van der Waals surface area contributed by atoms with Crippen LogP contribution in [0.5, 0.6) is 0 Å². The molecule has 2 aromatic carbocycles. The Bertz CT molecular complexity index is 995. The van der Waals surface area contributed by atoms with Crippen LogP contribution in [0.2, 0.25) is 0 Å². The molecule has 3 amide bonds. The van der Waals surface area contributed by atoms with Gasteiger partial charge < -0.3 is 20.3 Å². The number of ether oxygens (including phenoxy) is 1. The highest BCUT2D eigenvalue weighted by atomic mass is 16.6. The highest BCUT2D eigenvalue weighted by Crippen LogP contribution is 2.25. The van der Waals surface area contributed by atoms with Crippen molar-refractivity contribution in [2.45, 2.75) is 53.2 Å². The van der Waals surface area contributed by atoms with Crippen LogP contribution in [0.4, 0.5) is 10.5 Å². The maximum Gasteiger partial charge on any atom is 0.408 e. The molecule has 0 bridgehead atoms. The second-order valence-electron chi connectivity index (χ2n) is 8.91. The van der Waals surface area contributed by atoms with Gasteiger partial charge in [0, 0.05) is 12.7 Å². The third kappa shape index (κ3) is 6.83. The molecule has 0 saturated heterocycles. The molecule has 0 spiro atoms. The van der Waals surface area contributed by atoms with Crippen LogP contribution >= 0.6 is 0 Å². The third-order valence-electron chi connectivity index (χ3n) is 5.06. The Hall–Kier alpha value is -3.35. The summed E-state index contributed by atoms with van der Waals surface area (Å²) in [5, 5.41) is 5.39. The van der Waals surface area contributed by atoms with Crippen molar-refractivity contribution in [3.63, 3.8) is 0 Å². The standard InChI is InChI=1S/C25H33N3O4/c1-16-12-13-19(14-18(16)3)22(23(30)27-20-11-9-8-10-17(20)2)28(7)21(29)15-26-24(31)32-25(4,5)6/h8-14,22H,15H2,1-7H3,(H,26,31)(H,27,30). The quantitative estimate of drug-likeness (QED) is 0.703. The summed E-state index contributed by atoms with van der Waals surface area (Å²) in [4.78, 5) is 39.5. The Morgan fingerprint density at radius 1 is 0.969 bits per heavy atom. The Morgan fingerprint density at radius 3 is 2.22 bits per heavy atom. The monoisotopic (exact) mass is 439 g/mol. The molecule has 7 heteroatoms. The zero-order chi connectivity index (χ0) is 24.1. The maximum absolute atomic E-state index is 13.3. The van der Waals surface area contributed by atoms with E-state index in [1.54, 1.807) is 27.8 Å². The molecule has 2 aromatic rings. The zero-order valence-electron chi connectivity index (χ0n) is 19.9. The second-order valence-corrected chi connectivity index (χ2v) is 8.91. The van der Waals surface area contributed by atoms with Gasteiger partial charge in [-0.2, -0.15) is 0 Å². The third-order valence-corrected chi connectivity index (χ3v) is 5.06. The lowest BCUT2D eigenvalue weighted by atomic mass is 9.99. The number of hydrogen-bond donors (Lipinski definition) is 2. The summed E-state index contributed by atoms with van der Waals surface area (Å²) in [6.45, 7) is 10.8. The van der Waals surface area contributed by atoms with Crippen LogP contribution in [0, 0.1) is 20.8 Å². The van der Waals surface area contributed by atoms with Crippen molar-refractivity contribution in [2.24, 2.45) is 0 Å². The first-order chi connectivity index (χ1) is 14.9. The lowest BCUT2D eigenvalue weighted by Crippen LogP contribution is -2.44. The van der Waals surface area contributed by atoms with Gasteiger partial charge in [0.25, 0.3) is 5.91 Å². The maximum atomic E-state index is 13.3. The number of nitrogens with one attached hydrogen (secondary N) is 2. The molecule has 0 radical (unpaired) electrons. The minimum atomic E-state index is -0.873. The molecule has 1 unspecified atom stereocenters. The average molecular weight is 440 g/mol. The molecule has 0 fully saturated rings. The van der Waals surface area contributed by atoms with Crippen LogP contribution in [0.15, 0.2) is 42.5 Å². The molecule has 0 aliphatic rings. The summed E-state index contributed by atoms with van der Waals surface area (Å²) >= 11 is 0. The van der Waals surface area contributed by atoms with Crippen molar-refractivity contribution < 1.29 is 19.1 Å². The summed E-state index contributed by atoms with van der Waals surface area (Å²) in [6, 6.07) is 12.3. The van der Waals surface area contributed by atoms with Gasteiger partial charge in [0.2, 0.25) is 5.91 Å². The first-order valence-electron chi connectivity index (χ1n) is 10.5. The second kappa shape index (κ2) is 10.3. The summed E-state index contributed by atoms with van der Waals surface area (Å²) < 4.78 is 5.18. The lowest BCUT2D eigenvalue weighted by Gasteiger charge is -2.29. The molecule has 0 aliphatic heterocycles. The number of likely N-dealkylation sites (N-methyl/N-ethyl adjacent to an activating group) is 1. The predicted molar refractivity (Wildman–Crippen MR) is 125 cm³/mol. The number of carbonyl (C=O) groups excluding carboxylic acids is 3. The van der Waals surface area contributed by atoms with E-state index >= 15 is 0 Å². The van der Waals surface area contributed by atoms with E-state index in [1.807, 2.05) is 63.2 Å². The number of nitrogens with zero attached hydrogens (tertiary/aromatic N) is 1. The largest absolute Gasteiger partial charge is 0.444 e. The number of rotatable bonds is 6. The predicted octanol–water partition coefficient (Wildman–Crippen LogP) is 4.27. The molecule has 172 valence electrons. The van der Waals surface area contributed by atoms with E-state index in [0.717, 1.165) is 16.7 Å². The minimum absolute atomic E-state index is 0.287. The SMILES string of the molecule is Cc1ccc(C(C(=O)Nc2ccccc2C)N(C)C(=O)CNC(=O)OC(C)(C)C)cc1C. The van der Waals surface area contributed by atoms with Gasteiger partial charge in [0.15, 0.2) is 0 Å². The van der Waals surface area contributed by atoms with Gasteiger partial charge in [-0.25, -0.2) is 4.79 Å². The van der Waals surface area contributed by atoms with Crippen LogP contribution in [0.3, 0.4) is 0 Å². The summed E-state index contributed by atoms with van der Waals surface area (Å²) in [6.07, 6.45) is -0.689. The molecule has 0 aliphatic carbocycles. The number of benzene rings is 2. The van der Waals surface area contributed by atoms with Gasteiger partial charge >= 0.3 is 6.09 Å². The zero-order valence-corrected chi connectivity index (χ0v) is 19.9. The molecule has 2 rings (SSSR count). The molecular weight excluding hydrogens is 406 g/mol. The van der Waals surface area contributed by atoms with Crippen molar-refractivity contribution in [1.82, 2.24) is 10.2 Å². The van der Waals surface area contributed by atoms with Crippen LogP contribution < -0.4 is 10.6 Å². The Labute approximate surface area is 190 Å². The van der Waals surface area contributed by atoms with Crippen molar-refractivity contribution >= 4 is 23.6 Å². The van der Waals surface area contributed by atoms with Crippen molar-refractivity contribution in [1.29, 1.82) is 0 Å². The van der Waals surface area contributed by atoms with E-state index in [2.05, 4.69) is 10.6 Å². The first kappa shape index (κ1) is 24.9. The van der Waals surface area contributed by atoms with E-state index in [0.29, 0.717) is 11.3 Å². The molecule has 0 heterocycles. The summed E-state index contributed by atoms with van der Waals surface area (Å²) in [7, 11) is 1.55. The van der Waals surface area contributed by atoms with E-state index in [4.69, 9.17) is 4.74 Å². The molecule has 2 N–H and O–H groups in total. The number of amides is 3. The van der Waals surface area contributed by atoms with Gasteiger partial charge in [-0.05, 0) is 69.9 Å². The van der Waals surface area contributed by atoms with Crippen LogP contribution in [-0.2, 0) is 14.3 Å². The fourth-order valence-electron chi connectivity index (χ4n) is 3.13. The van der Waals surface area contributed by atoms with E-state index < -0.39 is 23.6 Å². The number of anilines is 1. The van der Waals surface area contributed by atoms with E-state index in [9.17, 15) is 14.4 Å². The van der Waals surface area contributed by atoms with Crippen LogP contribution in [0.25, 0.3) is 0 Å². The molecule has 1 atom stereocenters. The van der Waals surface area contributed by atoms with Crippen LogP contribution in [-0.4, -0.2) is 42.0 Å². The van der Waals surface area contributed by atoms with Crippen molar-refractivity contribution in [3.8, 4) is 0 Å². The topological polar surface area (TPSA) is 87.7 Å². The van der Waals surface area contributed by atoms with Gasteiger partial charge in [-0.3, -0.25) is 9.59 Å². The number of carbonyl (C=O) groups is 3. The number of alkyl carbamates (subject to hydrolysis) is 1. The smallest absolute Gasteiger partial charge is 0.408 e. The Kier molecular flexibility index (Phi) is 8.02. The van der Waals surface area contributed by atoms with Gasteiger partial charge in [-0.15, -0.1) is 0 Å². The fraction of sp³-hybridized carbons (Fsp3) is 0.400. The van der Waals surface area contributed by atoms with Gasteiger partial charge in [-0.1, -0.05) is 36.4 Å². The van der Waals surface area contributed by atoms with Crippen molar-refractivity contribution in [2.75, 3.05) is 18.9 Å². The molecule has 0 aromatic heterocycles. The lowest BCUT2D eigenvalue weighted by molar-refractivity contribution is -0.136. The van der Waals surface area contributed by atoms with Gasteiger partial charge in [0.1, 0.15) is 18.2 Å². The highest BCUT2D eigenvalue weighted by molar-refractivity contribution is 5.98. The van der Waals surface area contributed by atoms with Crippen molar-refractivity contribution in [3.05, 3.63) is 64.7 Å². The first-order valence-corrected chi connectivity index (χ1v) is 10.5. The van der Waals surface area contributed by atoms with E-state index in [1.165, 1.54) is 4.90 Å². The molecular formula is C25H33N3O4.